The van der Waals surface area contributed by atoms with Gasteiger partial charge in [0.2, 0.25) is 0 Å². The second kappa shape index (κ2) is 5.32. The quantitative estimate of drug-likeness (QED) is 0.699. The monoisotopic (exact) mass is 244 g/mol. The van der Waals surface area contributed by atoms with Crippen LogP contribution in [0.15, 0.2) is 72.2 Å². The van der Waals surface area contributed by atoms with E-state index in [-0.39, 0.29) is 0 Å². The minimum absolute atomic E-state index is 1.14. The van der Waals surface area contributed by atoms with Crippen LogP contribution in [0.5, 0.6) is 0 Å². The van der Waals surface area contributed by atoms with Crippen LogP contribution in [-0.2, 0) is 0 Å². The van der Waals surface area contributed by atoms with Crippen molar-refractivity contribution in [1.29, 1.82) is 0 Å². The van der Waals surface area contributed by atoms with Gasteiger partial charge in [-0.1, -0.05) is 72.2 Å². The third kappa shape index (κ3) is 2.55. The summed E-state index contributed by atoms with van der Waals surface area (Å²) >= 11 is 0. The molecule has 1 aliphatic carbocycles. The zero-order chi connectivity index (χ0) is 13.1. The first kappa shape index (κ1) is 12.0. The first-order valence-corrected chi connectivity index (χ1v) is 6.87. The lowest BCUT2D eigenvalue weighted by atomic mass is 9.83. The molecule has 0 fully saturated rings. The fourth-order valence-corrected chi connectivity index (χ4v) is 2.71. The molecule has 0 bridgehead atoms. The van der Waals surface area contributed by atoms with Crippen molar-refractivity contribution in [2.24, 2.45) is 0 Å². The van der Waals surface area contributed by atoms with Crippen LogP contribution in [0.4, 0.5) is 0 Å². The van der Waals surface area contributed by atoms with Gasteiger partial charge in [0.15, 0.2) is 0 Å². The van der Waals surface area contributed by atoms with Crippen LogP contribution in [0.3, 0.4) is 0 Å². The summed E-state index contributed by atoms with van der Waals surface area (Å²) in [5, 5.41) is 0. The number of rotatable bonds is 2. The van der Waals surface area contributed by atoms with E-state index in [0.29, 0.717) is 0 Å². The fraction of sp³-hybridized carbons (Fsp3) is 0.111. The molecule has 2 aromatic carbocycles. The summed E-state index contributed by atoms with van der Waals surface area (Å²) in [6.07, 6.45) is 6.93. The first-order chi connectivity index (χ1) is 9.34. The number of hydrogen-bond acceptors (Lipinski definition) is 0. The van der Waals surface area contributed by atoms with Crippen LogP contribution < -0.4 is 0 Å². The number of allylic oxidation sites excluding steroid dienone is 4. The Hall–Kier alpha value is -2.02. The molecule has 19 heavy (non-hydrogen) atoms. The van der Waals surface area contributed by atoms with Gasteiger partial charge in [-0.2, -0.15) is 0 Å². The van der Waals surface area contributed by atoms with E-state index in [4.69, 9.17) is 0 Å². The Balaban J connectivity index is 2.11. The highest BCUT2D eigenvalue weighted by atomic mass is 14.1. The van der Waals surface area contributed by atoms with E-state index in [1.54, 1.807) is 0 Å². The smallest absolute Gasteiger partial charge is 0.0926 e. The Kier molecular flexibility index (Phi) is 3.37. The molecule has 0 saturated heterocycles. The average molecular weight is 244 g/mol. The second-order valence-electron chi connectivity index (χ2n) is 5.07. The molecule has 0 saturated carbocycles. The fourth-order valence-electron chi connectivity index (χ4n) is 2.71. The summed E-state index contributed by atoms with van der Waals surface area (Å²) in [6, 6.07) is 19.4. The lowest BCUT2D eigenvalue weighted by molar-refractivity contribution is 1.05. The molecular formula is C18H17B. The molecule has 92 valence electrons. The van der Waals surface area contributed by atoms with Gasteiger partial charge in [-0.3, -0.25) is 0 Å². The standard InChI is InChI=1S/C18H17B/c19-16-10-6-9-15(13-16)18-12-5-4-11-17(18)14-7-2-1-3-8-14/h1-5,7-8,10-13H,6,9,19H2. The van der Waals surface area contributed by atoms with Crippen LogP contribution >= 0.6 is 0 Å². The molecule has 1 heteroatoms. The van der Waals surface area contributed by atoms with E-state index in [1.165, 1.54) is 27.7 Å². The minimum atomic E-state index is 1.14. The predicted octanol–water partition coefficient (Wildman–Crippen LogP) is 4.05. The van der Waals surface area contributed by atoms with E-state index in [2.05, 4.69) is 74.6 Å². The summed E-state index contributed by atoms with van der Waals surface area (Å²) in [7, 11) is 2.18. The maximum atomic E-state index is 2.32. The summed E-state index contributed by atoms with van der Waals surface area (Å²) < 4.78 is 0. The molecule has 0 atom stereocenters. The maximum Gasteiger partial charge on any atom is 0.138 e. The SMILES string of the molecule is BC1=CCCC(c2ccccc2-c2ccccc2)=C1. The lowest BCUT2D eigenvalue weighted by Gasteiger charge is -2.16. The zero-order valence-electron chi connectivity index (χ0n) is 11.3. The molecule has 0 radical (unpaired) electrons. The van der Waals surface area contributed by atoms with Crippen LogP contribution in [-0.4, -0.2) is 7.85 Å². The third-order valence-corrected chi connectivity index (χ3v) is 3.64. The van der Waals surface area contributed by atoms with Gasteiger partial charge < -0.3 is 0 Å². The average Bonchev–Trinajstić information content (AvgIpc) is 2.48. The van der Waals surface area contributed by atoms with E-state index >= 15 is 0 Å². The third-order valence-electron chi connectivity index (χ3n) is 3.64. The van der Waals surface area contributed by atoms with Gasteiger partial charge in [0.25, 0.3) is 0 Å². The highest BCUT2D eigenvalue weighted by Gasteiger charge is 2.10. The Bertz CT molecular complexity index is 636. The maximum absolute atomic E-state index is 2.32. The summed E-state index contributed by atoms with van der Waals surface area (Å²) in [4.78, 5) is 0. The molecule has 3 rings (SSSR count). The van der Waals surface area contributed by atoms with Gasteiger partial charge in [0, 0.05) is 0 Å². The molecule has 0 N–H and O–H groups in total. The zero-order valence-corrected chi connectivity index (χ0v) is 11.3. The van der Waals surface area contributed by atoms with E-state index in [1.807, 2.05) is 0 Å². The Morgan fingerprint density at radius 2 is 1.47 bits per heavy atom. The van der Waals surface area contributed by atoms with Crippen molar-refractivity contribution < 1.29 is 0 Å². The van der Waals surface area contributed by atoms with E-state index < -0.39 is 0 Å². The first-order valence-electron chi connectivity index (χ1n) is 6.87. The van der Waals surface area contributed by atoms with E-state index in [9.17, 15) is 0 Å². The van der Waals surface area contributed by atoms with Crippen LogP contribution in [0.1, 0.15) is 18.4 Å². The Labute approximate surface area is 115 Å². The molecule has 0 nitrogen and oxygen atoms in total. The highest BCUT2D eigenvalue weighted by molar-refractivity contribution is 6.24. The summed E-state index contributed by atoms with van der Waals surface area (Å²) in [5.74, 6) is 0. The van der Waals surface area contributed by atoms with Crippen molar-refractivity contribution in [3.8, 4) is 11.1 Å². The minimum Gasteiger partial charge on any atom is -0.0926 e. The van der Waals surface area contributed by atoms with Crippen LogP contribution in [0.25, 0.3) is 16.7 Å². The number of hydrogen-bond donors (Lipinski definition) is 0. The van der Waals surface area contributed by atoms with Crippen molar-refractivity contribution in [2.75, 3.05) is 0 Å². The van der Waals surface area contributed by atoms with Gasteiger partial charge in [-0.05, 0) is 35.1 Å². The second-order valence-corrected chi connectivity index (χ2v) is 5.07. The predicted molar refractivity (Wildman–Crippen MR) is 85.7 cm³/mol. The van der Waals surface area contributed by atoms with Crippen molar-refractivity contribution >= 4 is 13.4 Å². The molecule has 0 amide bonds. The van der Waals surface area contributed by atoms with Crippen molar-refractivity contribution in [3.05, 3.63) is 77.8 Å². The molecular weight excluding hydrogens is 227 g/mol. The molecule has 0 spiro atoms. The molecule has 0 aliphatic heterocycles. The van der Waals surface area contributed by atoms with Crippen molar-refractivity contribution in [2.45, 2.75) is 12.8 Å². The van der Waals surface area contributed by atoms with Gasteiger partial charge in [-0.25, -0.2) is 0 Å². The summed E-state index contributed by atoms with van der Waals surface area (Å²) in [5.41, 5.74) is 6.85. The van der Waals surface area contributed by atoms with Crippen LogP contribution in [0, 0.1) is 0 Å². The molecule has 0 unspecified atom stereocenters. The van der Waals surface area contributed by atoms with Gasteiger partial charge in [-0.15, -0.1) is 0 Å². The largest absolute Gasteiger partial charge is 0.138 e. The van der Waals surface area contributed by atoms with Gasteiger partial charge in [0.05, 0.1) is 0 Å². The topological polar surface area (TPSA) is 0 Å². The number of benzene rings is 2. The van der Waals surface area contributed by atoms with Gasteiger partial charge >= 0.3 is 0 Å². The van der Waals surface area contributed by atoms with Crippen molar-refractivity contribution in [3.63, 3.8) is 0 Å². The summed E-state index contributed by atoms with van der Waals surface area (Å²) in [6.45, 7) is 0. The molecule has 0 heterocycles. The van der Waals surface area contributed by atoms with Crippen molar-refractivity contribution in [1.82, 2.24) is 0 Å². The Morgan fingerprint density at radius 1 is 0.789 bits per heavy atom. The molecule has 0 aromatic heterocycles. The lowest BCUT2D eigenvalue weighted by Crippen LogP contribution is -1.95. The highest BCUT2D eigenvalue weighted by Crippen LogP contribution is 2.33. The molecule has 2 aromatic rings. The van der Waals surface area contributed by atoms with Gasteiger partial charge in [0.1, 0.15) is 7.85 Å². The van der Waals surface area contributed by atoms with E-state index in [0.717, 1.165) is 12.8 Å². The Morgan fingerprint density at radius 3 is 2.21 bits per heavy atom. The van der Waals surface area contributed by atoms with Crippen LogP contribution in [0.2, 0.25) is 0 Å². The molecule has 1 aliphatic rings. The normalized spacial score (nSPS) is 14.7.